The van der Waals surface area contributed by atoms with Gasteiger partial charge in [0.15, 0.2) is 5.17 Å². The summed E-state index contributed by atoms with van der Waals surface area (Å²) in [6.45, 7) is 1.77. The van der Waals surface area contributed by atoms with Crippen molar-refractivity contribution in [2.45, 2.75) is 23.7 Å². The van der Waals surface area contributed by atoms with E-state index < -0.39 is 21.8 Å². The number of halogens is 3. The zero-order chi connectivity index (χ0) is 21.9. The number of nitrogens with zero attached hydrogens (tertiary/aromatic N) is 2. The van der Waals surface area contributed by atoms with E-state index in [1.54, 1.807) is 6.07 Å². The number of amides is 1. The van der Waals surface area contributed by atoms with Gasteiger partial charge in [-0.2, -0.15) is 13.2 Å². The van der Waals surface area contributed by atoms with Crippen molar-refractivity contribution in [2.24, 2.45) is 4.99 Å². The van der Waals surface area contributed by atoms with E-state index in [1.165, 1.54) is 37.3 Å². The van der Waals surface area contributed by atoms with Crippen LogP contribution < -0.4 is 5.32 Å². The summed E-state index contributed by atoms with van der Waals surface area (Å²) in [4.78, 5) is 15.3. The lowest BCUT2D eigenvalue weighted by Crippen LogP contribution is -2.32. The van der Waals surface area contributed by atoms with Crippen LogP contribution in [0.5, 0.6) is 0 Å². The molecule has 2 aromatic rings. The lowest BCUT2D eigenvalue weighted by molar-refractivity contribution is -0.137. The molecule has 1 aliphatic heterocycles. The first-order chi connectivity index (χ1) is 14.1. The standard InChI is InChI=1S/C19H18F3N3O3S2/c1-13(26)24-16-5-7-17(8-6-16)30(27,28)25-10-9-23-18(25)29-12-14-3-2-4-15(11-14)19(20,21)22/h2-8,11H,9-10,12H2,1H3,(H,24,26). The van der Waals surface area contributed by atoms with Crippen LogP contribution in [0.1, 0.15) is 18.1 Å². The van der Waals surface area contributed by atoms with E-state index in [4.69, 9.17) is 0 Å². The van der Waals surface area contributed by atoms with Crippen LogP contribution in [-0.2, 0) is 26.7 Å². The zero-order valence-electron chi connectivity index (χ0n) is 15.8. The molecule has 6 nitrogen and oxygen atoms in total. The van der Waals surface area contributed by atoms with Crippen molar-refractivity contribution in [1.82, 2.24) is 4.31 Å². The van der Waals surface area contributed by atoms with Crippen LogP contribution in [0, 0.1) is 0 Å². The van der Waals surface area contributed by atoms with Crippen molar-refractivity contribution < 1.29 is 26.4 Å². The molecule has 0 saturated heterocycles. The Morgan fingerprint density at radius 1 is 1.20 bits per heavy atom. The van der Waals surface area contributed by atoms with E-state index in [0.717, 1.165) is 28.2 Å². The van der Waals surface area contributed by atoms with E-state index in [2.05, 4.69) is 10.3 Å². The number of rotatable bonds is 5. The Morgan fingerprint density at radius 2 is 1.90 bits per heavy atom. The lowest BCUT2D eigenvalue weighted by atomic mass is 10.1. The van der Waals surface area contributed by atoms with Gasteiger partial charge in [0.1, 0.15) is 0 Å². The van der Waals surface area contributed by atoms with Gasteiger partial charge in [-0.15, -0.1) is 0 Å². The second kappa shape index (κ2) is 8.68. The fourth-order valence-corrected chi connectivity index (χ4v) is 5.44. The maximum atomic E-state index is 13.0. The molecule has 1 amide bonds. The predicted molar refractivity (Wildman–Crippen MR) is 110 cm³/mol. The lowest BCUT2D eigenvalue weighted by Gasteiger charge is -2.20. The molecule has 0 fully saturated rings. The molecule has 0 radical (unpaired) electrons. The smallest absolute Gasteiger partial charge is 0.326 e. The summed E-state index contributed by atoms with van der Waals surface area (Å²) in [6.07, 6.45) is -4.44. The number of anilines is 1. The Kier molecular flexibility index (Phi) is 6.41. The molecule has 0 aromatic heterocycles. The molecule has 1 aliphatic rings. The third-order valence-electron chi connectivity index (χ3n) is 4.15. The minimum atomic E-state index is -4.44. The van der Waals surface area contributed by atoms with Gasteiger partial charge >= 0.3 is 6.18 Å². The molecule has 0 saturated carbocycles. The number of benzene rings is 2. The molecule has 11 heteroatoms. The summed E-state index contributed by atoms with van der Waals surface area (Å²) in [6, 6.07) is 10.6. The largest absolute Gasteiger partial charge is 0.416 e. The van der Waals surface area contributed by atoms with Crippen molar-refractivity contribution in [3.63, 3.8) is 0 Å². The van der Waals surface area contributed by atoms with Crippen molar-refractivity contribution in [2.75, 3.05) is 18.4 Å². The van der Waals surface area contributed by atoms with Crippen molar-refractivity contribution in [1.29, 1.82) is 0 Å². The number of hydrogen-bond acceptors (Lipinski definition) is 5. The van der Waals surface area contributed by atoms with Gasteiger partial charge in [-0.1, -0.05) is 30.0 Å². The molecule has 0 unspecified atom stereocenters. The number of alkyl halides is 3. The molecule has 30 heavy (non-hydrogen) atoms. The maximum absolute atomic E-state index is 13.0. The normalized spacial score (nSPS) is 14.5. The molecular weight excluding hydrogens is 439 g/mol. The van der Waals surface area contributed by atoms with Gasteiger partial charge in [0, 0.05) is 18.4 Å². The van der Waals surface area contributed by atoms with Crippen molar-refractivity contribution in [3.8, 4) is 0 Å². The van der Waals surface area contributed by atoms with Gasteiger partial charge in [-0.3, -0.25) is 9.79 Å². The average molecular weight is 457 g/mol. The Morgan fingerprint density at radius 3 is 2.53 bits per heavy atom. The van der Waals surface area contributed by atoms with Gasteiger partial charge in [-0.05, 0) is 35.9 Å². The first-order valence-electron chi connectivity index (χ1n) is 8.81. The number of carbonyl (C=O) groups excluding carboxylic acids is 1. The third-order valence-corrected chi connectivity index (χ3v) is 7.15. The van der Waals surface area contributed by atoms with Gasteiger partial charge in [0.2, 0.25) is 5.91 Å². The molecule has 0 aliphatic carbocycles. The van der Waals surface area contributed by atoms with Crippen LogP contribution in [0.15, 0.2) is 58.4 Å². The Bertz CT molecular complexity index is 1070. The topological polar surface area (TPSA) is 78.8 Å². The van der Waals surface area contributed by atoms with Crippen LogP contribution in [0.25, 0.3) is 0 Å². The fourth-order valence-electron chi connectivity index (χ4n) is 2.78. The predicted octanol–water partition coefficient (Wildman–Crippen LogP) is 3.96. The fraction of sp³-hybridized carbons (Fsp3) is 0.263. The van der Waals surface area contributed by atoms with Crippen LogP contribution in [0.3, 0.4) is 0 Å². The molecule has 0 spiro atoms. The molecular formula is C19H18F3N3O3S2. The molecule has 160 valence electrons. The van der Waals surface area contributed by atoms with Crippen molar-refractivity contribution >= 4 is 38.5 Å². The van der Waals surface area contributed by atoms with Gasteiger partial charge < -0.3 is 5.32 Å². The Balaban J connectivity index is 1.73. The number of sulfonamides is 1. The third kappa shape index (κ3) is 5.14. The van der Waals surface area contributed by atoms with E-state index in [1.807, 2.05) is 0 Å². The van der Waals surface area contributed by atoms with Gasteiger partial charge in [-0.25, -0.2) is 12.7 Å². The van der Waals surface area contributed by atoms with Gasteiger partial charge in [0.25, 0.3) is 10.0 Å². The molecule has 1 heterocycles. The van der Waals surface area contributed by atoms with E-state index in [9.17, 15) is 26.4 Å². The number of hydrogen-bond donors (Lipinski definition) is 1. The maximum Gasteiger partial charge on any atom is 0.416 e. The Hall–Kier alpha value is -2.53. The first kappa shape index (κ1) is 22.2. The number of thioether (sulfide) groups is 1. The summed E-state index contributed by atoms with van der Waals surface area (Å²) in [5.74, 6) is -0.124. The van der Waals surface area contributed by atoms with Crippen LogP contribution in [-0.4, -0.2) is 36.9 Å². The summed E-state index contributed by atoms with van der Waals surface area (Å²) in [5.41, 5.74) is 0.134. The van der Waals surface area contributed by atoms with E-state index in [-0.39, 0.29) is 34.8 Å². The number of aliphatic imine (C=N–C) groups is 1. The summed E-state index contributed by atoms with van der Waals surface area (Å²) in [7, 11) is -3.88. The second-order valence-corrected chi connectivity index (χ2v) is 9.24. The zero-order valence-corrected chi connectivity index (χ0v) is 17.4. The van der Waals surface area contributed by atoms with E-state index >= 15 is 0 Å². The molecule has 2 aromatic carbocycles. The molecule has 0 atom stereocenters. The summed E-state index contributed by atoms with van der Waals surface area (Å²) >= 11 is 1.07. The van der Waals surface area contributed by atoms with Gasteiger partial charge in [0.05, 0.1) is 23.5 Å². The Labute approximate surface area is 176 Å². The van der Waals surface area contributed by atoms with Crippen LogP contribution in [0.2, 0.25) is 0 Å². The molecule has 1 N–H and O–H groups in total. The monoisotopic (exact) mass is 457 g/mol. The highest BCUT2D eigenvalue weighted by Crippen LogP contribution is 2.31. The average Bonchev–Trinajstić information content (AvgIpc) is 3.15. The highest BCUT2D eigenvalue weighted by Gasteiger charge is 2.32. The minimum absolute atomic E-state index is 0.0332. The summed E-state index contributed by atoms with van der Waals surface area (Å²) in [5, 5.41) is 2.79. The number of carbonyl (C=O) groups is 1. The number of amidine groups is 1. The van der Waals surface area contributed by atoms with E-state index in [0.29, 0.717) is 11.3 Å². The second-order valence-electron chi connectivity index (χ2n) is 6.43. The summed E-state index contributed by atoms with van der Waals surface area (Å²) < 4.78 is 65.7. The van der Waals surface area contributed by atoms with Crippen molar-refractivity contribution in [3.05, 3.63) is 59.7 Å². The number of nitrogens with one attached hydrogen (secondary N) is 1. The molecule has 3 rings (SSSR count). The first-order valence-corrected chi connectivity index (χ1v) is 11.2. The van der Waals surface area contributed by atoms with Crippen LogP contribution in [0.4, 0.5) is 18.9 Å². The molecule has 0 bridgehead atoms. The highest BCUT2D eigenvalue weighted by atomic mass is 32.2. The SMILES string of the molecule is CC(=O)Nc1ccc(S(=O)(=O)N2CCN=C2SCc2cccc(C(F)(F)F)c2)cc1. The van der Waals surface area contributed by atoms with Crippen LogP contribution >= 0.6 is 11.8 Å². The minimum Gasteiger partial charge on any atom is -0.326 e. The quantitative estimate of drug-likeness (QED) is 0.737. The highest BCUT2D eigenvalue weighted by molar-refractivity contribution is 8.14.